The Kier molecular flexibility index (Phi) is 5.53. The molecule has 0 aliphatic rings. The van der Waals surface area contributed by atoms with Gasteiger partial charge in [-0.15, -0.1) is 0 Å². The summed E-state index contributed by atoms with van der Waals surface area (Å²) in [5.41, 5.74) is 1.21. The zero-order valence-corrected chi connectivity index (χ0v) is 13.1. The van der Waals surface area contributed by atoms with Crippen LogP contribution >= 0.6 is 30.6 Å². The minimum absolute atomic E-state index is 0.595. The first kappa shape index (κ1) is 14.7. The van der Waals surface area contributed by atoms with E-state index in [-0.39, 0.29) is 0 Å². The molecule has 0 heterocycles. The third-order valence-electron chi connectivity index (χ3n) is 2.43. The summed E-state index contributed by atoms with van der Waals surface area (Å²) in [6, 6.07) is 15.6. The molecule has 0 aromatic heterocycles. The first-order chi connectivity index (χ1) is 9.20. The Morgan fingerprint density at radius 3 is 2.42 bits per heavy atom. The van der Waals surface area contributed by atoms with Crippen molar-refractivity contribution in [3.05, 3.63) is 59.1 Å². The van der Waals surface area contributed by atoms with Crippen molar-refractivity contribution in [3.63, 3.8) is 0 Å². The van der Waals surface area contributed by atoms with E-state index in [1.54, 1.807) is 24.6 Å². The van der Waals surface area contributed by atoms with Crippen molar-refractivity contribution in [2.24, 2.45) is 0 Å². The molecule has 2 aromatic rings. The van der Waals surface area contributed by atoms with Crippen LogP contribution in [0, 0.1) is 6.92 Å². The predicted molar refractivity (Wildman–Crippen MR) is 83.0 cm³/mol. The Morgan fingerprint density at radius 1 is 1.05 bits per heavy atom. The van der Waals surface area contributed by atoms with Crippen LogP contribution in [-0.2, 0) is 4.52 Å². The van der Waals surface area contributed by atoms with Gasteiger partial charge in [0.15, 0.2) is 0 Å². The number of hydrogen-bond acceptors (Lipinski definition) is 3. The molecule has 0 radical (unpaired) electrons. The Balaban J connectivity index is 2.09. The van der Waals surface area contributed by atoms with Gasteiger partial charge in [-0.05, 0) is 42.1 Å². The second-order valence-corrected chi connectivity index (χ2v) is 7.25. The smallest absolute Gasteiger partial charge is 0.303 e. The summed E-state index contributed by atoms with van der Waals surface area (Å²) in [5, 5.41) is 0.595. The van der Waals surface area contributed by atoms with Gasteiger partial charge in [-0.3, -0.25) is 0 Å². The van der Waals surface area contributed by atoms with E-state index in [1.807, 2.05) is 30.3 Å². The van der Waals surface area contributed by atoms with Crippen molar-refractivity contribution < 1.29 is 9.05 Å². The van der Waals surface area contributed by atoms with E-state index in [0.717, 1.165) is 4.90 Å². The van der Waals surface area contributed by atoms with Gasteiger partial charge in [0, 0.05) is 12.0 Å². The van der Waals surface area contributed by atoms with E-state index in [4.69, 9.17) is 20.6 Å². The minimum atomic E-state index is -1.11. The van der Waals surface area contributed by atoms with Crippen LogP contribution in [0.5, 0.6) is 5.75 Å². The maximum absolute atomic E-state index is 6.08. The molecule has 0 saturated carbocycles. The van der Waals surface area contributed by atoms with E-state index >= 15 is 0 Å². The van der Waals surface area contributed by atoms with E-state index in [2.05, 4.69) is 19.1 Å². The van der Waals surface area contributed by atoms with Gasteiger partial charge in [0.25, 0.3) is 0 Å². The lowest BCUT2D eigenvalue weighted by atomic mass is 10.2. The second-order valence-electron chi connectivity index (χ2n) is 3.78. The van der Waals surface area contributed by atoms with Crippen molar-refractivity contribution in [1.82, 2.24) is 0 Å². The Labute approximate surface area is 123 Å². The molecule has 0 bridgehead atoms. The molecule has 0 aliphatic carbocycles. The average molecular weight is 313 g/mol. The summed E-state index contributed by atoms with van der Waals surface area (Å²) in [6.45, 7) is 2.07. The fourth-order valence-corrected chi connectivity index (χ4v) is 4.35. The van der Waals surface area contributed by atoms with Gasteiger partial charge in [-0.2, -0.15) is 0 Å². The molecule has 0 saturated heterocycles. The molecule has 0 aliphatic heterocycles. The Hall–Kier alpha value is -0.730. The van der Waals surface area contributed by atoms with E-state index in [9.17, 15) is 0 Å². The van der Waals surface area contributed by atoms with Crippen molar-refractivity contribution in [3.8, 4) is 5.75 Å². The van der Waals surface area contributed by atoms with Crippen LogP contribution in [0.2, 0.25) is 5.02 Å². The normalized spacial score (nSPS) is 12.2. The molecule has 2 nitrogen and oxygen atoms in total. The number of para-hydroxylation sites is 1. The number of benzene rings is 2. The van der Waals surface area contributed by atoms with Gasteiger partial charge in [0.2, 0.25) is 0 Å². The van der Waals surface area contributed by atoms with Gasteiger partial charge in [-0.25, -0.2) is 0 Å². The summed E-state index contributed by atoms with van der Waals surface area (Å²) in [5.74, 6) is 0.651. The fourth-order valence-electron chi connectivity index (χ4n) is 1.43. The zero-order valence-electron chi connectivity index (χ0n) is 10.7. The number of halogens is 1. The number of aryl methyl sites for hydroxylation is 1. The van der Waals surface area contributed by atoms with Crippen LogP contribution in [0.15, 0.2) is 53.4 Å². The first-order valence-electron chi connectivity index (χ1n) is 5.71. The Bertz CT molecular complexity index is 503. The quantitative estimate of drug-likeness (QED) is 0.660. The molecular weight excluding hydrogens is 299 g/mol. The van der Waals surface area contributed by atoms with Crippen molar-refractivity contribution in [2.45, 2.75) is 11.8 Å². The maximum atomic E-state index is 6.08. The highest BCUT2D eigenvalue weighted by Gasteiger charge is 2.16. The molecule has 2 aromatic carbocycles. The van der Waals surface area contributed by atoms with Gasteiger partial charge < -0.3 is 9.05 Å². The van der Waals surface area contributed by atoms with Crippen LogP contribution in [0.3, 0.4) is 0 Å². The summed E-state index contributed by atoms with van der Waals surface area (Å²) >= 11 is 7.66. The van der Waals surface area contributed by atoms with Crippen molar-refractivity contribution in [1.29, 1.82) is 0 Å². The third-order valence-corrected chi connectivity index (χ3v) is 5.89. The van der Waals surface area contributed by atoms with Gasteiger partial charge in [0.05, 0.1) is 5.02 Å². The van der Waals surface area contributed by atoms with Crippen LogP contribution < -0.4 is 4.52 Å². The monoisotopic (exact) mass is 312 g/mol. The molecule has 0 fully saturated rings. The molecule has 1 unspecified atom stereocenters. The van der Waals surface area contributed by atoms with Gasteiger partial charge in [0.1, 0.15) is 5.75 Å². The molecule has 0 spiro atoms. The number of rotatable bonds is 5. The lowest BCUT2D eigenvalue weighted by molar-refractivity contribution is 0.411. The average Bonchev–Trinajstić information content (AvgIpc) is 2.42. The molecule has 19 heavy (non-hydrogen) atoms. The predicted octanol–water partition coefficient (Wildman–Crippen LogP) is 5.69. The lowest BCUT2D eigenvalue weighted by Gasteiger charge is -2.16. The largest absolute Gasteiger partial charge is 0.438 e. The van der Waals surface area contributed by atoms with E-state index in [1.165, 1.54) is 5.56 Å². The van der Waals surface area contributed by atoms with Gasteiger partial charge >= 0.3 is 7.58 Å². The highest BCUT2D eigenvalue weighted by Crippen LogP contribution is 2.56. The molecule has 2 rings (SSSR count). The topological polar surface area (TPSA) is 18.5 Å². The zero-order chi connectivity index (χ0) is 13.7. The molecule has 0 N–H and O–H groups in total. The number of hydrogen-bond donors (Lipinski definition) is 0. The third kappa shape index (κ3) is 4.12. The molecule has 0 amide bonds. The molecule has 100 valence electrons. The molecule has 1 atom stereocenters. The van der Waals surface area contributed by atoms with E-state index < -0.39 is 7.58 Å². The summed E-state index contributed by atoms with van der Waals surface area (Å²) in [6.07, 6.45) is 0. The molecular formula is C14H14ClO2PS. The lowest BCUT2D eigenvalue weighted by Crippen LogP contribution is -1.88. The van der Waals surface area contributed by atoms with Crippen LogP contribution in [-0.4, -0.2) is 7.11 Å². The van der Waals surface area contributed by atoms with E-state index in [0.29, 0.717) is 10.8 Å². The Morgan fingerprint density at radius 2 is 1.74 bits per heavy atom. The summed E-state index contributed by atoms with van der Waals surface area (Å²) in [7, 11) is 0.535. The van der Waals surface area contributed by atoms with Gasteiger partial charge in [-0.1, -0.05) is 41.9 Å². The molecule has 5 heteroatoms. The van der Waals surface area contributed by atoms with Crippen molar-refractivity contribution in [2.75, 3.05) is 7.11 Å². The van der Waals surface area contributed by atoms with Crippen LogP contribution in [0.1, 0.15) is 5.56 Å². The summed E-state index contributed by atoms with van der Waals surface area (Å²) in [4.78, 5) is 1.16. The minimum Gasteiger partial charge on any atom is -0.438 e. The van der Waals surface area contributed by atoms with Crippen LogP contribution in [0.25, 0.3) is 0 Å². The highest BCUT2D eigenvalue weighted by atomic mass is 35.5. The van der Waals surface area contributed by atoms with Crippen LogP contribution in [0.4, 0.5) is 0 Å². The highest BCUT2D eigenvalue weighted by molar-refractivity contribution is 8.53. The SMILES string of the molecule is COP(Oc1ccccc1Cl)Sc1ccccc1C. The second kappa shape index (κ2) is 7.16. The first-order valence-corrected chi connectivity index (χ1v) is 8.69. The summed E-state index contributed by atoms with van der Waals surface area (Å²) < 4.78 is 11.2. The fraction of sp³-hybridized carbons (Fsp3) is 0.143. The van der Waals surface area contributed by atoms with Crippen molar-refractivity contribution >= 4 is 30.6 Å². The maximum Gasteiger partial charge on any atom is 0.303 e. The standard InChI is InChI=1S/C14H14ClO2PS/c1-11-7-3-6-10-14(11)19-18(16-2)17-13-9-5-4-8-12(13)15/h3-10H,1-2H3.